The molecule has 2 fully saturated rings. The van der Waals surface area contributed by atoms with Gasteiger partial charge >= 0.3 is 0 Å². The smallest absolute Gasteiger partial charge is 0.255 e. The maximum absolute atomic E-state index is 13.2. The van der Waals surface area contributed by atoms with Gasteiger partial charge in [-0.25, -0.2) is 4.68 Å². The van der Waals surface area contributed by atoms with E-state index in [2.05, 4.69) is 15.5 Å². The van der Waals surface area contributed by atoms with Crippen LogP contribution >= 0.6 is 0 Å². The van der Waals surface area contributed by atoms with Gasteiger partial charge in [0.1, 0.15) is 34.6 Å². The van der Waals surface area contributed by atoms with Crippen LogP contribution in [0.3, 0.4) is 0 Å². The molecule has 5 heterocycles. The van der Waals surface area contributed by atoms with Crippen LogP contribution in [-0.4, -0.2) is 139 Å². The summed E-state index contributed by atoms with van der Waals surface area (Å²) in [4.78, 5) is 68.6. The third kappa shape index (κ3) is 11.8. The molecule has 17 nitrogen and oxygen atoms in total. The number of hydrogen-bond donors (Lipinski definition) is 3. The summed E-state index contributed by atoms with van der Waals surface area (Å²) < 4.78 is 25.1. The van der Waals surface area contributed by atoms with Crippen LogP contribution < -0.4 is 21.1 Å². The number of ether oxygens (including phenoxy) is 4. The summed E-state index contributed by atoms with van der Waals surface area (Å²) in [6.45, 7) is 6.66. The molecule has 2 saturated heterocycles. The number of aromatic nitrogens is 2. The molecule has 17 heteroatoms. The standard InChI is InChI=1S/C51H62N8O9/c1-56(27-29-66-31-33-67-32-30-65-28-7-9-35-8-5-12-40-41(35)34-58(51(40)64)43-18-19-44(60)54-50(43)63)24-6-13-45(61)57-25-21-36(22-26-57)42-20-23-53-49-46(48(52)62)47(55-59(42)49)37-14-16-39(17-15-37)68-38-10-3-2-4-11-38/h2-6,8,10-17,36,42-43,53H,7,9,18-34H2,1H3,(H2,52,62)(H,54,60,63)/b13-6+/t42-,43?/m0/s1. The molecule has 0 saturated carbocycles. The number of carbonyl (C=O) groups is 5. The maximum Gasteiger partial charge on any atom is 0.255 e. The van der Waals surface area contributed by atoms with Crippen molar-refractivity contribution in [3.63, 3.8) is 0 Å². The van der Waals surface area contributed by atoms with Crippen molar-refractivity contribution in [2.24, 2.45) is 11.7 Å². The van der Waals surface area contributed by atoms with Crippen LogP contribution in [-0.2, 0) is 41.6 Å². The second kappa shape index (κ2) is 23.1. The lowest BCUT2D eigenvalue weighted by molar-refractivity contribution is -0.137. The molecule has 0 aliphatic carbocycles. The zero-order valence-corrected chi connectivity index (χ0v) is 38.7. The number of anilines is 1. The van der Waals surface area contributed by atoms with Gasteiger partial charge in [-0.1, -0.05) is 36.4 Å². The van der Waals surface area contributed by atoms with E-state index < -0.39 is 17.9 Å². The molecule has 4 N–H and O–H groups in total. The highest BCUT2D eigenvalue weighted by Crippen LogP contribution is 2.40. The third-order valence-corrected chi connectivity index (χ3v) is 13.2. The number of carbonyl (C=O) groups excluding carboxylic acids is 5. The van der Waals surface area contributed by atoms with E-state index >= 15 is 0 Å². The number of fused-ring (bicyclic) bond motifs is 2. The molecule has 4 aromatic rings. The van der Waals surface area contributed by atoms with Crippen molar-refractivity contribution in [1.82, 2.24) is 29.8 Å². The lowest BCUT2D eigenvalue weighted by Crippen LogP contribution is -2.52. The topological polar surface area (TPSA) is 200 Å². The normalized spacial score (nSPS) is 18.5. The summed E-state index contributed by atoms with van der Waals surface area (Å²) in [6.07, 6.45) is 8.20. The first-order valence-electron chi connectivity index (χ1n) is 23.8. The van der Waals surface area contributed by atoms with Gasteiger partial charge in [-0.2, -0.15) is 5.10 Å². The van der Waals surface area contributed by atoms with E-state index in [1.165, 1.54) is 0 Å². The molecule has 2 atom stereocenters. The molecule has 3 aromatic carbocycles. The molecule has 1 aromatic heterocycles. The summed E-state index contributed by atoms with van der Waals surface area (Å²) in [5.41, 5.74) is 10.3. The third-order valence-electron chi connectivity index (χ3n) is 13.2. The van der Waals surface area contributed by atoms with Crippen LogP contribution in [0.4, 0.5) is 5.82 Å². The van der Waals surface area contributed by atoms with Crippen molar-refractivity contribution < 1.29 is 42.9 Å². The van der Waals surface area contributed by atoms with E-state index in [0.29, 0.717) is 120 Å². The number of rotatable bonds is 22. The molecule has 8 rings (SSSR count). The molecule has 5 amide bonds. The van der Waals surface area contributed by atoms with E-state index in [4.69, 9.17) is 29.8 Å². The summed E-state index contributed by atoms with van der Waals surface area (Å²) in [5, 5.41) is 10.7. The minimum atomic E-state index is -0.623. The molecular formula is C51H62N8O9. The van der Waals surface area contributed by atoms with Crippen LogP contribution in [0.25, 0.3) is 11.3 Å². The summed E-state index contributed by atoms with van der Waals surface area (Å²) in [5.74, 6) is 0.974. The Balaban J connectivity index is 0.674. The lowest BCUT2D eigenvalue weighted by Gasteiger charge is -2.38. The molecule has 68 heavy (non-hydrogen) atoms. The van der Waals surface area contributed by atoms with E-state index in [0.717, 1.165) is 54.5 Å². The van der Waals surface area contributed by atoms with Gasteiger partial charge in [0, 0.05) is 69.5 Å². The van der Waals surface area contributed by atoms with Gasteiger partial charge < -0.3 is 44.7 Å². The van der Waals surface area contributed by atoms with Crippen molar-refractivity contribution in [2.75, 3.05) is 84.7 Å². The number of primary amides is 1. The Morgan fingerprint density at radius 1 is 0.853 bits per heavy atom. The van der Waals surface area contributed by atoms with Crippen LogP contribution in [0.15, 0.2) is 84.9 Å². The molecule has 360 valence electrons. The number of nitrogens with one attached hydrogen (secondary N) is 2. The van der Waals surface area contributed by atoms with Gasteiger partial charge in [-0.15, -0.1) is 0 Å². The first-order valence-corrected chi connectivity index (χ1v) is 23.8. The van der Waals surface area contributed by atoms with Crippen molar-refractivity contribution in [1.29, 1.82) is 0 Å². The number of likely N-dealkylation sites (N-methyl/N-ethyl adjacent to an activating group) is 1. The first kappa shape index (κ1) is 48.1. The van der Waals surface area contributed by atoms with Crippen LogP contribution in [0.2, 0.25) is 0 Å². The van der Waals surface area contributed by atoms with Crippen LogP contribution in [0.1, 0.15) is 76.4 Å². The Bertz CT molecular complexity index is 2430. The number of nitrogens with two attached hydrogens (primary N) is 1. The Hall–Kier alpha value is -6.40. The number of para-hydroxylation sites is 1. The van der Waals surface area contributed by atoms with Gasteiger partial charge in [-0.3, -0.25) is 29.3 Å². The molecule has 0 radical (unpaired) electrons. The predicted molar refractivity (Wildman–Crippen MR) is 254 cm³/mol. The quantitative estimate of drug-likeness (QED) is 0.0544. The molecule has 1 unspecified atom stereocenters. The Kier molecular flexibility index (Phi) is 16.3. The van der Waals surface area contributed by atoms with Crippen molar-refractivity contribution in [2.45, 2.75) is 63.6 Å². The zero-order chi connectivity index (χ0) is 47.4. The average Bonchev–Trinajstić information content (AvgIpc) is 3.91. The lowest BCUT2D eigenvalue weighted by atomic mass is 9.87. The Morgan fingerprint density at radius 3 is 2.31 bits per heavy atom. The maximum atomic E-state index is 13.2. The number of nitrogens with zero attached hydrogens (tertiary/aromatic N) is 5. The van der Waals surface area contributed by atoms with Crippen molar-refractivity contribution in [3.8, 4) is 22.8 Å². The number of hydrogen-bond acceptors (Lipinski definition) is 12. The molecule has 4 aliphatic rings. The highest BCUT2D eigenvalue weighted by molar-refractivity contribution is 6.06. The molecule has 0 bridgehead atoms. The molecule has 0 spiro atoms. The monoisotopic (exact) mass is 930 g/mol. The fourth-order valence-electron chi connectivity index (χ4n) is 9.53. The van der Waals surface area contributed by atoms with Gasteiger partial charge in [-0.05, 0) is 105 Å². The second-order valence-corrected chi connectivity index (χ2v) is 17.7. The minimum Gasteiger partial charge on any atom is -0.457 e. The van der Waals surface area contributed by atoms with E-state index in [-0.39, 0.29) is 30.2 Å². The SMILES string of the molecule is CN(C/C=C/C(=O)N1CCC([C@@H]2CCNc3c(C(N)=O)c(-c4ccc(Oc5ccccc5)cc4)nn32)CC1)CCOCCOCCOCCCc1cccc2c1CN(C1CCC(=O)NC1=O)C2=O. The largest absolute Gasteiger partial charge is 0.457 e. The van der Waals surface area contributed by atoms with E-state index in [1.807, 2.05) is 89.4 Å². The molecule has 4 aliphatic heterocycles. The summed E-state index contributed by atoms with van der Waals surface area (Å²) >= 11 is 0. The Labute approximate surface area is 396 Å². The number of amides is 5. The van der Waals surface area contributed by atoms with Gasteiger partial charge in [0.25, 0.3) is 11.8 Å². The Morgan fingerprint density at radius 2 is 1.57 bits per heavy atom. The second-order valence-electron chi connectivity index (χ2n) is 17.7. The summed E-state index contributed by atoms with van der Waals surface area (Å²) in [6, 6.07) is 22.2. The molecular weight excluding hydrogens is 869 g/mol. The number of benzene rings is 3. The highest BCUT2D eigenvalue weighted by Gasteiger charge is 2.40. The van der Waals surface area contributed by atoms with Gasteiger partial charge in [0.05, 0.1) is 39.1 Å². The fourth-order valence-corrected chi connectivity index (χ4v) is 9.53. The van der Waals surface area contributed by atoms with Crippen LogP contribution in [0, 0.1) is 5.92 Å². The van der Waals surface area contributed by atoms with Crippen molar-refractivity contribution >= 4 is 35.4 Å². The average molecular weight is 931 g/mol. The van der Waals surface area contributed by atoms with Gasteiger partial charge in [0.2, 0.25) is 17.7 Å². The first-order chi connectivity index (χ1) is 33.1. The predicted octanol–water partition coefficient (Wildman–Crippen LogP) is 4.97. The number of likely N-dealkylation sites (tertiary alicyclic amines) is 1. The highest BCUT2D eigenvalue weighted by atomic mass is 16.5. The van der Waals surface area contributed by atoms with Gasteiger partial charge in [0.15, 0.2) is 0 Å². The van der Waals surface area contributed by atoms with E-state index in [1.54, 1.807) is 17.0 Å². The fraction of sp³-hybridized carbons (Fsp3) is 0.451. The number of aryl methyl sites for hydroxylation is 1. The van der Waals surface area contributed by atoms with Crippen molar-refractivity contribution in [3.05, 3.63) is 107 Å². The minimum absolute atomic E-state index is 0.00875. The number of piperidine rings is 2. The zero-order valence-electron chi connectivity index (χ0n) is 38.7. The van der Waals surface area contributed by atoms with E-state index in [9.17, 15) is 24.0 Å². The van der Waals surface area contributed by atoms with Crippen LogP contribution in [0.5, 0.6) is 11.5 Å². The summed E-state index contributed by atoms with van der Waals surface area (Å²) in [7, 11) is 1.99. The number of imide groups is 1.